The van der Waals surface area contributed by atoms with Crippen LogP contribution in [0, 0.1) is 0 Å². The van der Waals surface area contributed by atoms with Gasteiger partial charge in [-0.05, 0) is 25.5 Å². The molecule has 8 nitrogen and oxygen atoms in total. The first-order valence-corrected chi connectivity index (χ1v) is 9.15. The van der Waals surface area contributed by atoms with Crippen LogP contribution in [0.3, 0.4) is 0 Å². The van der Waals surface area contributed by atoms with Gasteiger partial charge in [0.05, 0.1) is 18.0 Å². The van der Waals surface area contributed by atoms with Gasteiger partial charge < -0.3 is 15.4 Å². The van der Waals surface area contributed by atoms with Crippen LogP contribution in [0.5, 0.6) is 0 Å². The molecule has 0 unspecified atom stereocenters. The zero-order chi connectivity index (χ0) is 17.6. The summed E-state index contributed by atoms with van der Waals surface area (Å²) >= 11 is 0. The number of rotatable bonds is 5. The van der Waals surface area contributed by atoms with Crippen molar-refractivity contribution in [1.29, 1.82) is 0 Å². The molecule has 24 heavy (non-hydrogen) atoms. The highest BCUT2D eigenvalue weighted by Gasteiger charge is 2.34. The Kier molecular flexibility index (Phi) is 6.29. The molecular formula is C15H21N3O5S. The van der Waals surface area contributed by atoms with Crippen molar-refractivity contribution in [2.45, 2.75) is 24.5 Å². The summed E-state index contributed by atoms with van der Waals surface area (Å²) in [5.41, 5.74) is 0. The molecule has 0 saturated carbocycles. The van der Waals surface area contributed by atoms with Gasteiger partial charge in [0.1, 0.15) is 6.23 Å². The second-order valence-electron chi connectivity index (χ2n) is 5.18. The summed E-state index contributed by atoms with van der Waals surface area (Å²) in [5, 5.41) is 4.79. The molecule has 1 aliphatic rings. The van der Waals surface area contributed by atoms with Crippen molar-refractivity contribution >= 4 is 21.8 Å². The van der Waals surface area contributed by atoms with Gasteiger partial charge in [0.25, 0.3) is 0 Å². The van der Waals surface area contributed by atoms with E-state index in [-0.39, 0.29) is 11.4 Å². The maximum atomic E-state index is 12.7. The third-order valence-corrected chi connectivity index (χ3v) is 5.39. The van der Waals surface area contributed by atoms with Crippen molar-refractivity contribution in [3.63, 3.8) is 0 Å². The highest BCUT2D eigenvalue weighted by Crippen LogP contribution is 2.21. The normalized spacial score (nSPS) is 18.8. The summed E-state index contributed by atoms with van der Waals surface area (Å²) < 4.78 is 32.2. The fraction of sp³-hybridized carbons (Fsp3) is 0.467. The summed E-state index contributed by atoms with van der Waals surface area (Å²) in [7, 11) is -3.73. The van der Waals surface area contributed by atoms with Crippen molar-refractivity contribution < 1.29 is 22.7 Å². The second-order valence-corrected chi connectivity index (χ2v) is 7.07. The zero-order valence-electron chi connectivity index (χ0n) is 13.4. The van der Waals surface area contributed by atoms with E-state index in [1.54, 1.807) is 25.1 Å². The number of hydrogen-bond donors (Lipinski definition) is 2. The van der Waals surface area contributed by atoms with Crippen molar-refractivity contribution in [2.75, 3.05) is 26.2 Å². The highest BCUT2D eigenvalue weighted by atomic mass is 32.2. The number of likely N-dealkylation sites (N-methyl/N-ethyl adjacent to an activating group) is 1. The van der Waals surface area contributed by atoms with Crippen LogP contribution in [-0.2, 0) is 24.3 Å². The van der Waals surface area contributed by atoms with E-state index in [9.17, 15) is 18.0 Å². The van der Waals surface area contributed by atoms with Gasteiger partial charge in [-0.2, -0.15) is 4.31 Å². The molecule has 2 N–H and O–H groups in total. The molecule has 9 heteroatoms. The molecule has 1 aromatic rings. The number of carbonyl (C=O) groups excluding carboxylic acids is 2. The maximum Gasteiger partial charge on any atom is 0.309 e. The minimum absolute atomic E-state index is 0.0952. The van der Waals surface area contributed by atoms with Gasteiger partial charge in [0.15, 0.2) is 0 Å². The van der Waals surface area contributed by atoms with Crippen LogP contribution in [-0.4, -0.2) is 57.0 Å². The van der Waals surface area contributed by atoms with Gasteiger partial charge in [0.2, 0.25) is 10.0 Å². The van der Waals surface area contributed by atoms with Gasteiger partial charge in [-0.3, -0.25) is 9.59 Å². The third kappa shape index (κ3) is 4.31. The van der Waals surface area contributed by atoms with Crippen LogP contribution in [0.4, 0.5) is 0 Å². The lowest BCUT2D eigenvalue weighted by atomic mass is 10.3. The molecule has 132 valence electrons. The number of carbonyl (C=O) groups is 2. The molecular weight excluding hydrogens is 334 g/mol. The number of nitrogens with zero attached hydrogens (tertiary/aromatic N) is 1. The number of ether oxygens (including phenoxy) is 1. The van der Waals surface area contributed by atoms with Crippen LogP contribution < -0.4 is 10.6 Å². The van der Waals surface area contributed by atoms with Gasteiger partial charge >= 0.3 is 11.8 Å². The number of sulfonamides is 1. The largest absolute Gasteiger partial charge is 0.360 e. The Balaban J connectivity index is 2.08. The summed E-state index contributed by atoms with van der Waals surface area (Å²) in [6, 6.07) is 8.03. The maximum absolute atomic E-state index is 12.7. The zero-order valence-corrected chi connectivity index (χ0v) is 14.2. The molecule has 1 aromatic carbocycles. The molecule has 1 atom stereocenters. The third-order valence-electron chi connectivity index (χ3n) is 3.48. The predicted octanol–water partition coefficient (Wildman–Crippen LogP) is -0.324. The molecule has 0 radical (unpaired) electrons. The van der Waals surface area contributed by atoms with Crippen LogP contribution in [0.25, 0.3) is 0 Å². The van der Waals surface area contributed by atoms with E-state index < -0.39 is 28.1 Å². The standard InChI is InChI=1S/C15H21N3O5S/c1-2-16-14(19)15(20)17-11-13-18(9-6-10-23-13)24(21,22)12-7-4-3-5-8-12/h3-5,7-8,13H,2,6,9-11H2,1H3,(H,16,19)(H,17,20)/t13-/m1/s1. The van der Waals surface area contributed by atoms with E-state index >= 15 is 0 Å². The van der Waals surface area contributed by atoms with E-state index in [0.717, 1.165) is 0 Å². The highest BCUT2D eigenvalue weighted by molar-refractivity contribution is 7.89. The van der Waals surface area contributed by atoms with Crippen molar-refractivity contribution in [1.82, 2.24) is 14.9 Å². The Labute approximate surface area is 141 Å². The van der Waals surface area contributed by atoms with E-state index in [1.165, 1.54) is 16.4 Å². The Hall–Kier alpha value is -1.97. The topological polar surface area (TPSA) is 105 Å². The van der Waals surface area contributed by atoms with E-state index in [1.807, 2.05) is 0 Å². The Morgan fingerprint density at radius 1 is 1.21 bits per heavy atom. The van der Waals surface area contributed by atoms with E-state index in [2.05, 4.69) is 10.6 Å². The van der Waals surface area contributed by atoms with E-state index in [4.69, 9.17) is 4.74 Å². The lowest BCUT2D eigenvalue weighted by Crippen LogP contribution is -2.53. The number of benzene rings is 1. The summed E-state index contributed by atoms with van der Waals surface area (Å²) in [4.78, 5) is 23.2. The summed E-state index contributed by atoms with van der Waals surface area (Å²) in [5.74, 6) is -1.58. The smallest absolute Gasteiger partial charge is 0.309 e. The van der Waals surface area contributed by atoms with Gasteiger partial charge in [-0.25, -0.2) is 8.42 Å². The van der Waals surface area contributed by atoms with E-state index in [0.29, 0.717) is 26.1 Å². The molecule has 2 rings (SSSR count). The van der Waals surface area contributed by atoms with Crippen LogP contribution in [0.15, 0.2) is 35.2 Å². The quantitative estimate of drug-likeness (QED) is 0.704. The minimum atomic E-state index is -3.73. The number of nitrogens with one attached hydrogen (secondary N) is 2. The lowest BCUT2D eigenvalue weighted by Gasteiger charge is -2.34. The van der Waals surface area contributed by atoms with Crippen molar-refractivity contribution in [3.05, 3.63) is 30.3 Å². The van der Waals surface area contributed by atoms with Gasteiger partial charge in [0, 0.05) is 13.1 Å². The monoisotopic (exact) mass is 355 g/mol. The Morgan fingerprint density at radius 3 is 2.54 bits per heavy atom. The predicted molar refractivity (Wildman–Crippen MR) is 86.4 cm³/mol. The number of hydrogen-bond acceptors (Lipinski definition) is 5. The molecule has 1 aliphatic heterocycles. The molecule has 1 saturated heterocycles. The summed E-state index contributed by atoms with van der Waals surface area (Å²) in [6.45, 7) is 2.62. The first-order chi connectivity index (χ1) is 11.5. The van der Waals surface area contributed by atoms with Crippen LogP contribution >= 0.6 is 0 Å². The Bertz CT molecular complexity index is 678. The lowest BCUT2D eigenvalue weighted by molar-refractivity contribution is -0.140. The summed E-state index contributed by atoms with van der Waals surface area (Å²) in [6.07, 6.45) is -0.283. The molecule has 2 amide bonds. The average molecular weight is 355 g/mol. The molecule has 1 heterocycles. The molecule has 0 aromatic heterocycles. The average Bonchev–Trinajstić information content (AvgIpc) is 2.60. The second kappa shape index (κ2) is 8.22. The SMILES string of the molecule is CCNC(=O)C(=O)NC[C@H]1OCCCN1S(=O)(=O)c1ccccc1. The van der Waals surface area contributed by atoms with Crippen molar-refractivity contribution in [3.8, 4) is 0 Å². The first kappa shape index (κ1) is 18.4. The first-order valence-electron chi connectivity index (χ1n) is 7.71. The molecule has 1 fully saturated rings. The fourth-order valence-corrected chi connectivity index (χ4v) is 3.92. The van der Waals surface area contributed by atoms with Gasteiger partial charge in [-0.1, -0.05) is 18.2 Å². The van der Waals surface area contributed by atoms with Crippen molar-refractivity contribution in [2.24, 2.45) is 0 Å². The molecule has 0 aliphatic carbocycles. The van der Waals surface area contributed by atoms with Crippen LogP contribution in [0.2, 0.25) is 0 Å². The van der Waals surface area contributed by atoms with Crippen LogP contribution in [0.1, 0.15) is 13.3 Å². The molecule has 0 bridgehead atoms. The minimum Gasteiger partial charge on any atom is -0.360 e. The molecule has 0 spiro atoms. The fourth-order valence-electron chi connectivity index (χ4n) is 2.33. The van der Waals surface area contributed by atoms with Gasteiger partial charge in [-0.15, -0.1) is 0 Å². The Morgan fingerprint density at radius 2 is 1.88 bits per heavy atom. The number of amides is 2.